The fourth-order valence-electron chi connectivity index (χ4n) is 2.89. The number of benzene rings is 1. The first kappa shape index (κ1) is 21.9. The van der Waals surface area contributed by atoms with Gasteiger partial charge < -0.3 is 4.74 Å². The zero-order valence-electron chi connectivity index (χ0n) is 15.7. The van der Waals surface area contributed by atoms with Crippen molar-refractivity contribution in [3.05, 3.63) is 46.2 Å². The number of anilines is 1. The number of carbonyl (C=O) groups is 2. The predicted molar refractivity (Wildman–Crippen MR) is 99.8 cm³/mol. The van der Waals surface area contributed by atoms with Crippen LogP contribution in [0.5, 0.6) is 5.75 Å². The second kappa shape index (κ2) is 7.78. The van der Waals surface area contributed by atoms with Gasteiger partial charge in [-0.15, -0.1) is 24.5 Å². The molecule has 30 heavy (non-hydrogen) atoms. The van der Waals surface area contributed by atoms with Crippen LogP contribution in [0.1, 0.15) is 24.3 Å². The highest BCUT2D eigenvalue weighted by molar-refractivity contribution is 7.10. The lowest BCUT2D eigenvalue weighted by molar-refractivity contribution is -0.274. The van der Waals surface area contributed by atoms with Crippen molar-refractivity contribution in [3.63, 3.8) is 0 Å². The topological polar surface area (TPSA) is 59.0 Å². The van der Waals surface area contributed by atoms with Gasteiger partial charge in [-0.2, -0.15) is 10.1 Å². The van der Waals surface area contributed by atoms with Crippen LogP contribution in [0.15, 0.2) is 40.8 Å². The molecule has 0 bridgehead atoms. The first-order chi connectivity index (χ1) is 13.8. The third-order valence-electron chi connectivity index (χ3n) is 4.28. The lowest BCUT2D eigenvalue weighted by atomic mass is 9.96. The molecule has 0 aliphatic carbocycles. The number of nitrogens with zero attached hydrogens (tertiary/aromatic N) is 2. The summed E-state index contributed by atoms with van der Waals surface area (Å²) in [5, 5.41) is 6.22. The number of thiophene rings is 1. The van der Waals surface area contributed by atoms with Gasteiger partial charge in [0.15, 0.2) is 5.78 Å². The highest BCUT2D eigenvalue weighted by Crippen LogP contribution is 2.32. The minimum Gasteiger partial charge on any atom is -0.406 e. The number of alkyl halides is 5. The Labute approximate surface area is 171 Å². The highest BCUT2D eigenvalue weighted by Gasteiger charge is 2.40. The SMILES string of the molecule is CC1=NN(c2ccc(OC(F)(F)F)cc2)C(=O)C1C(=O)Cc1cc(C(C)(F)F)cs1. The molecular formula is C19H15F5N2O3S. The van der Waals surface area contributed by atoms with E-state index in [0.29, 0.717) is 4.88 Å². The molecule has 5 nitrogen and oxygen atoms in total. The van der Waals surface area contributed by atoms with Crippen LogP contribution in [-0.2, 0) is 21.9 Å². The quantitative estimate of drug-likeness (QED) is 0.468. The molecule has 160 valence electrons. The van der Waals surface area contributed by atoms with Gasteiger partial charge in [0.25, 0.3) is 11.8 Å². The smallest absolute Gasteiger partial charge is 0.406 e. The maximum Gasteiger partial charge on any atom is 0.573 e. The van der Waals surface area contributed by atoms with Crippen molar-refractivity contribution in [1.29, 1.82) is 0 Å². The molecule has 1 aliphatic heterocycles. The Hall–Kier alpha value is -2.82. The summed E-state index contributed by atoms with van der Waals surface area (Å²) in [4.78, 5) is 25.7. The summed E-state index contributed by atoms with van der Waals surface area (Å²) in [7, 11) is 0. The molecule has 0 radical (unpaired) electrons. The van der Waals surface area contributed by atoms with E-state index >= 15 is 0 Å². The minimum absolute atomic E-state index is 0.160. The van der Waals surface area contributed by atoms with E-state index in [9.17, 15) is 31.5 Å². The Kier molecular flexibility index (Phi) is 5.68. The fraction of sp³-hybridized carbons (Fsp3) is 0.316. The molecule has 3 rings (SSSR count). The normalized spacial score (nSPS) is 17.3. The zero-order valence-corrected chi connectivity index (χ0v) is 16.5. The first-order valence-electron chi connectivity index (χ1n) is 8.58. The van der Waals surface area contributed by atoms with Crippen LogP contribution in [0.2, 0.25) is 0 Å². The van der Waals surface area contributed by atoms with Crippen LogP contribution in [0.25, 0.3) is 0 Å². The molecule has 1 aliphatic rings. The number of hydrogen-bond acceptors (Lipinski definition) is 5. The van der Waals surface area contributed by atoms with Crippen LogP contribution in [0.3, 0.4) is 0 Å². The van der Waals surface area contributed by atoms with Crippen molar-refractivity contribution in [2.45, 2.75) is 32.6 Å². The van der Waals surface area contributed by atoms with Crippen molar-refractivity contribution in [3.8, 4) is 5.75 Å². The summed E-state index contributed by atoms with van der Waals surface area (Å²) in [6.07, 6.45) is -5.06. The number of hydrogen-bond donors (Lipinski definition) is 0. The van der Waals surface area contributed by atoms with Gasteiger partial charge in [0, 0.05) is 29.2 Å². The molecule has 2 aromatic rings. The van der Waals surface area contributed by atoms with Gasteiger partial charge in [-0.3, -0.25) is 9.59 Å². The Morgan fingerprint density at radius 1 is 1.20 bits per heavy atom. The molecule has 0 N–H and O–H groups in total. The standard InChI is InChI=1S/C19H15F5N2O3S/c1-10-16(15(27)8-14-7-11(9-30-14)18(2,20)21)17(28)26(25-10)12-3-5-13(6-4-12)29-19(22,23)24/h3-7,9,16H,8H2,1-2H3. The lowest BCUT2D eigenvalue weighted by Gasteiger charge is -2.15. The molecule has 1 unspecified atom stereocenters. The second-order valence-corrected chi connectivity index (χ2v) is 7.70. The van der Waals surface area contributed by atoms with Crippen LogP contribution >= 0.6 is 11.3 Å². The fourth-order valence-corrected chi connectivity index (χ4v) is 3.86. The predicted octanol–water partition coefficient (Wildman–Crippen LogP) is 4.91. The molecule has 11 heteroatoms. The summed E-state index contributed by atoms with van der Waals surface area (Å²) >= 11 is 0.998. The van der Waals surface area contributed by atoms with Crippen molar-refractivity contribution >= 4 is 34.4 Å². The number of carbonyl (C=O) groups excluding carboxylic acids is 2. The van der Waals surface area contributed by atoms with Crippen molar-refractivity contribution in [2.24, 2.45) is 11.0 Å². The highest BCUT2D eigenvalue weighted by atomic mass is 32.1. The number of rotatable bonds is 6. The molecule has 1 atom stereocenters. The van der Waals surface area contributed by atoms with Crippen LogP contribution in [-0.4, -0.2) is 23.8 Å². The Balaban J connectivity index is 1.72. The number of ether oxygens (including phenoxy) is 1. The molecule has 0 saturated carbocycles. The third-order valence-corrected chi connectivity index (χ3v) is 5.21. The van der Waals surface area contributed by atoms with E-state index in [1.807, 2.05) is 0 Å². The third kappa shape index (κ3) is 4.84. The Morgan fingerprint density at radius 3 is 2.37 bits per heavy atom. The van der Waals surface area contributed by atoms with E-state index in [4.69, 9.17) is 0 Å². The number of Topliss-reactive ketones (excluding diaryl/α,β-unsaturated/α-hetero) is 1. The monoisotopic (exact) mass is 446 g/mol. The molecule has 1 aromatic heterocycles. The summed E-state index contributed by atoms with van der Waals surface area (Å²) in [6.45, 7) is 2.22. The molecule has 1 aromatic carbocycles. The van der Waals surface area contributed by atoms with E-state index in [1.54, 1.807) is 0 Å². The van der Waals surface area contributed by atoms with E-state index in [2.05, 4.69) is 9.84 Å². The number of halogens is 5. The molecule has 0 fully saturated rings. The zero-order chi connectivity index (χ0) is 22.3. The van der Waals surface area contributed by atoms with Gasteiger partial charge >= 0.3 is 6.36 Å². The van der Waals surface area contributed by atoms with Gasteiger partial charge in [-0.1, -0.05) is 0 Å². The summed E-state index contributed by atoms with van der Waals surface area (Å²) in [6, 6.07) is 5.68. The summed E-state index contributed by atoms with van der Waals surface area (Å²) < 4.78 is 67.3. The second-order valence-electron chi connectivity index (χ2n) is 6.70. The maximum absolute atomic E-state index is 13.4. The molecular weight excluding hydrogens is 431 g/mol. The number of hydrazone groups is 1. The van der Waals surface area contributed by atoms with Crippen LogP contribution in [0, 0.1) is 5.92 Å². The van der Waals surface area contributed by atoms with Gasteiger partial charge in [0.1, 0.15) is 11.7 Å². The average Bonchev–Trinajstić information content (AvgIpc) is 3.18. The summed E-state index contributed by atoms with van der Waals surface area (Å²) in [5.41, 5.74) is 0.160. The van der Waals surface area contributed by atoms with Gasteiger partial charge in [0.05, 0.1) is 11.4 Å². The van der Waals surface area contributed by atoms with Crippen LogP contribution < -0.4 is 9.75 Å². The van der Waals surface area contributed by atoms with E-state index in [1.165, 1.54) is 30.5 Å². The van der Waals surface area contributed by atoms with Crippen molar-refractivity contribution in [2.75, 3.05) is 5.01 Å². The number of amides is 1. The Bertz CT molecular complexity index is 993. The molecule has 0 spiro atoms. The van der Waals surface area contributed by atoms with E-state index < -0.39 is 35.6 Å². The van der Waals surface area contributed by atoms with Crippen molar-refractivity contribution < 1.29 is 36.3 Å². The number of ketones is 1. The van der Waals surface area contributed by atoms with E-state index in [-0.39, 0.29) is 23.4 Å². The lowest BCUT2D eigenvalue weighted by Crippen LogP contribution is -2.33. The summed E-state index contributed by atoms with van der Waals surface area (Å²) in [5.74, 6) is -5.86. The Morgan fingerprint density at radius 2 is 1.83 bits per heavy atom. The van der Waals surface area contributed by atoms with Gasteiger partial charge in [0.2, 0.25) is 0 Å². The van der Waals surface area contributed by atoms with E-state index in [0.717, 1.165) is 35.4 Å². The maximum atomic E-state index is 13.4. The molecule has 1 amide bonds. The minimum atomic E-state index is -4.85. The van der Waals surface area contributed by atoms with Crippen LogP contribution in [0.4, 0.5) is 27.6 Å². The molecule has 2 heterocycles. The van der Waals surface area contributed by atoms with Gasteiger partial charge in [-0.25, -0.2) is 8.78 Å². The largest absolute Gasteiger partial charge is 0.573 e. The molecule has 0 saturated heterocycles. The average molecular weight is 446 g/mol. The van der Waals surface area contributed by atoms with Gasteiger partial charge in [-0.05, 0) is 37.3 Å². The van der Waals surface area contributed by atoms with Crippen molar-refractivity contribution in [1.82, 2.24) is 0 Å². The first-order valence-corrected chi connectivity index (χ1v) is 9.46.